The lowest BCUT2D eigenvalue weighted by atomic mass is 9.72. The Kier molecular flexibility index (Phi) is 13.8. The molecule has 0 radical (unpaired) electrons. The molecule has 2 aliphatic carbocycles. The lowest BCUT2D eigenvalue weighted by Crippen LogP contribution is -2.55. The van der Waals surface area contributed by atoms with Crippen molar-refractivity contribution in [3.8, 4) is 28.4 Å². The Labute approximate surface area is 427 Å². The second-order valence-electron chi connectivity index (χ2n) is 20.3. The van der Waals surface area contributed by atoms with Crippen LogP contribution in [0.1, 0.15) is 101 Å². The molecule has 8 atom stereocenters. The van der Waals surface area contributed by atoms with Crippen LogP contribution in [0.5, 0.6) is 17.2 Å². The zero-order valence-electron chi connectivity index (χ0n) is 42.1. The highest BCUT2D eigenvalue weighted by atomic mass is 16.7. The number of nitrogens with zero attached hydrogens (tertiary/aromatic N) is 3. The first-order chi connectivity index (χ1) is 35.4. The molecule has 3 N–H and O–H groups in total. The van der Waals surface area contributed by atoms with Crippen LogP contribution in [0.4, 0.5) is 9.59 Å². The van der Waals surface area contributed by atoms with Crippen LogP contribution < -0.4 is 4.74 Å². The van der Waals surface area contributed by atoms with Crippen molar-refractivity contribution in [3.05, 3.63) is 112 Å². The third kappa shape index (κ3) is 9.07. The Morgan fingerprint density at radius 3 is 2.27 bits per heavy atom. The van der Waals surface area contributed by atoms with Crippen molar-refractivity contribution in [2.24, 2.45) is 0 Å². The predicted molar refractivity (Wildman–Crippen MR) is 262 cm³/mol. The number of hydrogen-bond acceptors (Lipinski definition) is 17. The van der Waals surface area contributed by atoms with Gasteiger partial charge in [0, 0.05) is 81.8 Å². The van der Waals surface area contributed by atoms with Gasteiger partial charge < -0.3 is 63.0 Å². The summed E-state index contributed by atoms with van der Waals surface area (Å²) in [4.78, 5) is 74.9. The highest BCUT2D eigenvalue weighted by Gasteiger charge is 2.55. The van der Waals surface area contributed by atoms with E-state index in [9.17, 15) is 39.3 Å². The molecule has 4 aromatic rings. The molecule has 4 fully saturated rings. The average molecular weight is 1020 g/mol. The van der Waals surface area contributed by atoms with Crippen molar-refractivity contribution >= 4 is 29.5 Å². The van der Waals surface area contributed by atoms with Crippen LogP contribution >= 0.6 is 0 Å². The van der Waals surface area contributed by atoms with Gasteiger partial charge in [-0.05, 0) is 56.4 Å². The molecule has 0 saturated carbocycles. The standard InChI is InChI=1S/C55H61N3O16/c1-29-49-36(58-23-24-69-51(68-6)50(58)73-49)25-40(71-29)72-38-27-55(66,26-35-42(38)48(63)44-43(46(35)61)45(60)34-13-10-14-37(67-5)41(34)47(44)62)39(59)28-70-52(64)56(4)33-19-21-57(22-20-33)53(65)74-54(2,3)32-17-15-31(16-18-32)30-11-8-7-9-12-30/h7-18,29,33,36,38,40,49-51,61,63,66H,19-28H2,1-6H3/t29-,36-,38-,40-,49+,50+,51-,55-/m0/s1. The second kappa shape index (κ2) is 20.0. The number of phenolic OH excluding ortho intramolecular Hbond substituents is 2. The van der Waals surface area contributed by atoms with Crippen molar-refractivity contribution in [3.63, 3.8) is 0 Å². The van der Waals surface area contributed by atoms with Gasteiger partial charge in [-0.1, -0.05) is 66.7 Å². The Hall–Kier alpha value is -6.45. The van der Waals surface area contributed by atoms with Gasteiger partial charge in [0.2, 0.25) is 11.6 Å². The maximum atomic E-state index is 14.3. The Morgan fingerprint density at radius 2 is 1.57 bits per heavy atom. The Morgan fingerprint density at radius 1 is 0.865 bits per heavy atom. The number of hydrogen-bond donors (Lipinski definition) is 3. The number of methoxy groups -OCH3 is 2. The summed E-state index contributed by atoms with van der Waals surface area (Å²) in [7, 11) is 4.39. The van der Waals surface area contributed by atoms with Gasteiger partial charge in [0.1, 0.15) is 34.6 Å². The number of aliphatic hydroxyl groups is 1. The maximum Gasteiger partial charge on any atom is 0.410 e. The number of carbonyl (C=O) groups is 5. The molecule has 392 valence electrons. The number of Topliss-reactive ketones (excluding diaryl/α,β-unsaturated/α-hetero) is 1. The number of rotatable bonds is 11. The van der Waals surface area contributed by atoms with Crippen LogP contribution in [-0.4, -0.2) is 162 Å². The molecule has 0 bridgehead atoms. The van der Waals surface area contributed by atoms with Gasteiger partial charge in [0.15, 0.2) is 31.2 Å². The quantitative estimate of drug-likeness (QED) is 0.129. The van der Waals surface area contributed by atoms with Gasteiger partial charge in [0.05, 0.1) is 42.6 Å². The van der Waals surface area contributed by atoms with Crippen molar-refractivity contribution in [1.29, 1.82) is 0 Å². The number of benzene rings is 4. The molecule has 2 amide bonds. The largest absolute Gasteiger partial charge is 0.507 e. The normalized spacial score (nSPS) is 26.7. The van der Waals surface area contributed by atoms with E-state index >= 15 is 0 Å². The molecular formula is C55H61N3O16. The molecule has 19 heteroatoms. The highest BCUT2D eigenvalue weighted by Crippen LogP contribution is 2.53. The fourth-order valence-corrected chi connectivity index (χ4v) is 11.5. The summed E-state index contributed by atoms with van der Waals surface area (Å²) in [5.74, 6) is -3.85. The molecule has 6 aliphatic rings. The number of fused-ring (bicyclic) bond motifs is 6. The van der Waals surface area contributed by atoms with E-state index in [1.54, 1.807) is 4.90 Å². The zero-order chi connectivity index (χ0) is 52.4. The number of ketones is 3. The van der Waals surface area contributed by atoms with Gasteiger partial charge in [-0.2, -0.15) is 0 Å². The fraction of sp³-hybridized carbons (Fsp3) is 0.473. The Balaban J connectivity index is 0.835. The van der Waals surface area contributed by atoms with Crippen LogP contribution in [0, 0.1) is 0 Å². The number of carbonyl (C=O) groups excluding carboxylic acids is 5. The molecule has 0 unspecified atom stereocenters. The first-order valence-electron chi connectivity index (χ1n) is 25.0. The molecule has 4 heterocycles. The number of amides is 2. The third-order valence-electron chi connectivity index (χ3n) is 15.6. The smallest absolute Gasteiger partial charge is 0.410 e. The number of ether oxygens (including phenoxy) is 8. The molecule has 0 aromatic heterocycles. The van der Waals surface area contributed by atoms with E-state index < -0.39 is 120 Å². The monoisotopic (exact) mass is 1020 g/mol. The molecule has 4 aromatic carbocycles. The SMILES string of the molecule is COc1cccc2c1C(=O)c1c(O)c3c(c(O)c1C2=O)C[C@@](O)(C(=O)COC(=O)N(C)C1CCN(C(=O)OC(C)(C)c2ccc(-c4ccccc4)cc2)CC1)C[C@@H]3O[C@H]1C[C@H]2[C@H](O[C@@H]3[C@@H](OC)OCCN32)[C@H](C)O1. The molecule has 4 saturated heterocycles. The first kappa shape index (κ1) is 51.1. The number of phenols is 2. The molecule has 4 aliphatic heterocycles. The molecular weight excluding hydrogens is 959 g/mol. The Bertz CT molecular complexity index is 2850. The van der Waals surface area contributed by atoms with Crippen LogP contribution in [-0.2, 0) is 50.0 Å². The van der Waals surface area contributed by atoms with Gasteiger partial charge in [-0.3, -0.25) is 19.3 Å². The lowest BCUT2D eigenvalue weighted by molar-refractivity contribution is -0.256. The summed E-state index contributed by atoms with van der Waals surface area (Å²) in [5, 5.41) is 36.7. The van der Waals surface area contributed by atoms with Crippen molar-refractivity contribution in [1.82, 2.24) is 14.7 Å². The van der Waals surface area contributed by atoms with Crippen molar-refractivity contribution in [2.75, 3.05) is 54.1 Å². The van der Waals surface area contributed by atoms with Crippen LogP contribution in [0.15, 0.2) is 72.8 Å². The molecule has 74 heavy (non-hydrogen) atoms. The van der Waals surface area contributed by atoms with E-state index in [0.29, 0.717) is 26.0 Å². The highest BCUT2D eigenvalue weighted by molar-refractivity contribution is 6.31. The van der Waals surface area contributed by atoms with E-state index in [4.69, 9.17) is 37.9 Å². The minimum atomic E-state index is -2.40. The van der Waals surface area contributed by atoms with Gasteiger partial charge >= 0.3 is 12.2 Å². The number of likely N-dealkylation sites (tertiary alicyclic amines) is 1. The van der Waals surface area contributed by atoms with E-state index in [0.717, 1.165) is 16.7 Å². The lowest BCUT2D eigenvalue weighted by Gasteiger charge is -2.43. The van der Waals surface area contributed by atoms with Crippen molar-refractivity contribution in [2.45, 2.75) is 113 Å². The summed E-state index contributed by atoms with van der Waals surface area (Å²) in [6.07, 6.45) is -6.08. The van der Waals surface area contributed by atoms with E-state index in [-0.39, 0.29) is 59.6 Å². The molecule has 0 spiro atoms. The number of morpholine rings is 1. The van der Waals surface area contributed by atoms with Gasteiger partial charge in [-0.25, -0.2) is 9.59 Å². The maximum absolute atomic E-state index is 14.3. The van der Waals surface area contributed by atoms with Gasteiger partial charge in [0.25, 0.3) is 0 Å². The third-order valence-corrected chi connectivity index (χ3v) is 15.6. The van der Waals surface area contributed by atoms with Crippen LogP contribution in [0.25, 0.3) is 11.1 Å². The van der Waals surface area contributed by atoms with Crippen LogP contribution in [0.2, 0.25) is 0 Å². The first-order valence-corrected chi connectivity index (χ1v) is 25.0. The summed E-state index contributed by atoms with van der Waals surface area (Å²) >= 11 is 0. The minimum absolute atomic E-state index is 0.0758. The zero-order valence-corrected chi connectivity index (χ0v) is 42.1. The van der Waals surface area contributed by atoms with E-state index in [1.165, 1.54) is 44.4 Å². The summed E-state index contributed by atoms with van der Waals surface area (Å²) in [6.45, 7) is 6.07. The summed E-state index contributed by atoms with van der Waals surface area (Å²) in [6, 6.07) is 21.6. The second-order valence-corrected chi connectivity index (χ2v) is 20.3. The summed E-state index contributed by atoms with van der Waals surface area (Å²) in [5.41, 5.74) is -1.87. The van der Waals surface area contributed by atoms with Crippen molar-refractivity contribution < 1.29 is 77.2 Å². The summed E-state index contributed by atoms with van der Waals surface area (Å²) < 4.78 is 47.6. The predicted octanol–water partition coefficient (Wildman–Crippen LogP) is 5.99. The van der Waals surface area contributed by atoms with E-state index in [2.05, 4.69) is 4.90 Å². The number of aromatic hydroxyl groups is 2. The average Bonchev–Trinajstić information content (AvgIpc) is 3.81. The molecule has 19 nitrogen and oxygen atoms in total. The topological polar surface area (TPSA) is 230 Å². The number of piperidine rings is 1. The van der Waals surface area contributed by atoms with Crippen LogP contribution in [0.3, 0.4) is 0 Å². The fourth-order valence-electron chi connectivity index (χ4n) is 11.5. The molecule has 10 rings (SSSR count). The minimum Gasteiger partial charge on any atom is -0.507 e. The van der Waals surface area contributed by atoms with Gasteiger partial charge in [-0.15, -0.1) is 0 Å². The van der Waals surface area contributed by atoms with E-state index in [1.807, 2.05) is 75.4 Å².